The second kappa shape index (κ2) is 13.3. The SMILES string of the molecule is COc1cc(N=Nc2c(Br)cc([N+](=O)[O-])cc2[N+](=O)[O-])c(NC(C)=O)cc1N(O)CCCOc1ccccc1. The van der Waals surface area contributed by atoms with Crippen molar-refractivity contribution in [1.82, 2.24) is 0 Å². The number of carbonyl (C=O) groups excluding carboxylic acids is 1. The molecule has 0 saturated heterocycles. The minimum absolute atomic E-state index is 0.0314. The van der Waals surface area contributed by atoms with Crippen LogP contribution in [0.2, 0.25) is 0 Å². The fourth-order valence-electron chi connectivity index (χ4n) is 3.35. The van der Waals surface area contributed by atoms with Gasteiger partial charge in [0, 0.05) is 32.0 Å². The zero-order valence-electron chi connectivity index (χ0n) is 20.7. The molecule has 2 N–H and O–H groups in total. The molecular weight excluding hydrogens is 580 g/mol. The minimum atomic E-state index is -0.824. The lowest BCUT2D eigenvalue weighted by atomic mass is 10.2. The summed E-state index contributed by atoms with van der Waals surface area (Å²) < 4.78 is 11.0. The number of azo groups is 1. The molecule has 0 unspecified atom stereocenters. The molecule has 0 aromatic heterocycles. The number of nitrogens with one attached hydrogen (secondary N) is 1. The molecule has 0 aliphatic carbocycles. The number of methoxy groups -OCH3 is 1. The molecule has 39 heavy (non-hydrogen) atoms. The molecule has 204 valence electrons. The van der Waals surface area contributed by atoms with Crippen LogP contribution in [0.5, 0.6) is 11.5 Å². The number of rotatable bonds is 12. The van der Waals surface area contributed by atoms with E-state index in [1.165, 1.54) is 26.2 Å². The Morgan fingerprint density at radius 1 is 1.10 bits per heavy atom. The van der Waals surface area contributed by atoms with Gasteiger partial charge in [0.15, 0.2) is 5.69 Å². The number of hydroxylamine groups is 1. The van der Waals surface area contributed by atoms with Crippen LogP contribution in [0.25, 0.3) is 0 Å². The van der Waals surface area contributed by atoms with E-state index < -0.39 is 27.1 Å². The molecule has 0 radical (unpaired) electrons. The highest BCUT2D eigenvalue weighted by molar-refractivity contribution is 9.10. The molecular formula is C24H23BrN6O8. The van der Waals surface area contributed by atoms with Gasteiger partial charge >= 0.3 is 5.69 Å². The van der Waals surface area contributed by atoms with E-state index in [0.717, 1.165) is 17.2 Å². The van der Waals surface area contributed by atoms with E-state index in [1.807, 2.05) is 30.3 Å². The summed E-state index contributed by atoms with van der Waals surface area (Å²) in [7, 11) is 1.36. The third-order valence-corrected chi connectivity index (χ3v) is 5.71. The molecule has 1 amide bonds. The Bertz CT molecular complexity index is 1400. The maximum absolute atomic E-state index is 11.9. The summed E-state index contributed by atoms with van der Waals surface area (Å²) in [4.78, 5) is 32.9. The number of amides is 1. The van der Waals surface area contributed by atoms with E-state index >= 15 is 0 Å². The summed E-state index contributed by atoms with van der Waals surface area (Å²) in [6, 6.07) is 13.8. The van der Waals surface area contributed by atoms with Crippen molar-refractivity contribution in [2.75, 3.05) is 30.6 Å². The van der Waals surface area contributed by atoms with Crippen LogP contribution in [0.1, 0.15) is 13.3 Å². The van der Waals surface area contributed by atoms with Crippen molar-refractivity contribution in [3.63, 3.8) is 0 Å². The number of ether oxygens (including phenoxy) is 2. The summed E-state index contributed by atoms with van der Waals surface area (Å²) >= 11 is 3.06. The molecule has 0 bridgehead atoms. The van der Waals surface area contributed by atoms with Crippen molar-refractivity contribution in [3.05, 3.63) is 79.3 Å². The van der Waals surface area contributed by atoms with Gasteiger partial charge in [0.25, 0.3) is 5.69 Å². The lowest BCUT2D eigenvalue weighted by molar-refractivity contribution is -0.393. The average Bonchev–Trinajstić information content (AvgIpc) is 2.90. The van der Waals surface area contributed by atoms with Gasteiger partial charge in [-0.25, -0.2) is 0 Å². The van der Waals surface area contributed by atoms with Crippen LogP contribution in [0.4, 0.5) is 34.1 Å². The van der Waals surface area contributed by atoms with Crippen LogP contribution < -0.4 is 19.9 Å². The first-order valence-electron chi connectivity index (χ1n) is 11.3. The third-order valence-electron chi connectivity index (χ3n) is 5.11. The number of para-hydroxylation sites is 1. The van der Waals surface area contributed by atoms with Gasteiger partial charge in [0.1, 0.15) is 22.9 Å². The van der Waals surface area contributed by atoms with Gasteiger partial charge in [0.05, 0.1) is 39.8 Å². The first-order valence-corrected chi connectivity index (χ1v) is 12.1. The van der Waals surface area contributed by atoms with Gasteiger partial charge in [-0.1, -0.05) is 18.2 Å². The smallest absolute Gasteiger partial charge is 0.304 e. The zero-order valence-corrected chi connectivity index (χ0v) is 22.3. The van der Waals surface area contributed by atoms with Crippen LogP contribution >= 0.6 is 15.9 Å². The first kappa shape index (κ1) is 28.9. The molecule has 0 aliphatic heterocycles. The average molecular weight is 603 g/mol. The Morgan fingerprint density at radius 3 is 2.44 bits per heavy atom. The number of benzene rings is 3. The van der Waals surface area contributed by atoms with Gasteiger partial charge in [-0.3, -0.25) is 35.3 Å². The Balaban J connectivity index is 1.90. The Labute approximate surface area is 230 Å². The Morgan fingerprint density at radius 2 is 1.82 bits per heavy atom. The summed E-state index contributed by atoms with van der Waals surface area (Å²) in [5.41, 5.74) is -1.04. The van der Waals surface area contributed by atoms with Crippen LogP contribution in [0.15, 0.2) is 69.3 Å². The molecule has 0 aliphatic rings. The number of nitro benzene ring substituents is 2. The number of carbonyl (C=O) groups is 1. The van der Waals surface area contributed by atoms with Gasteiger partial charge in [-0.15, -0.1) is 10.2 Å². The van der Waals surface area contributed by atoms with Crippen molar-refractivity contribution in [3.8, 4) is 11.5 Å². The van der Waals surface area contributed by atoms with Gasteiger partial charge < -0.3 is 14.8 Å². The normalized spacial score (nSPS) is 10.8. The summed E-state index contributed by atoms with van der Waals surface area (Å²) in [5.74, 6) is 0.412. The third kappa shape index (κ3) is 7.68. The van der Waals surface area contributed by atoms with Crippen molar-refractivity contribution >= 4 is 56.0 Å². The lowest BCUT2D eigenvalue weighted by Gasteiger charge is -2.21. The maximum Gasteiger partial charge on any atom is 0.304 e. The van der Waals surface area contributed by atoms with Crippen molar-refractivity contribution in [1.29, 1.82) is 0 Å². The second-order valence-electron chi connectivity index (χ2n) is 7.87. The van der Waals surface area contributed by atoms with Gasteiger partial charge in [-0.2, -0.15) is 0 Å². The number of halogens is 1. The first-order chi connectivity index (χ1) is 18.6. The summed E-state index contributed by atoms with van der Waals surface area (Å²) in [6.45, 7) is 1.75. The number of nitrogens with zero attached hydrogens (tertiary/aromatic N) is 5. The van der Waals surface area contributed by atoms with E-state index in [9.17, 15) is 30.2 Å². The number of hydrogen-bond donors (Lipinski definition) is 2. The molecule has 0 spiro atoms. The summed E-state index contributed by atoms with van der Waals surface area (Å²) in [5, 5.41) is 44.8. The standard InChI is InChI=1S/C24H23BrN6O8/c1-15(32)26-19-13-21(29(33)9-6-10-39-17-7-4-3-5-8-17)23(38-2)14-20(19)27-28-24-18(25)11-16(30(34)35)12-22(24)31(36)37/h3-5,7-8,11-14,33H,6,9-10H2,1-2H3,(H,26,32). The number of hydrogen-bond acceptors (Lipinski definition) is 11. The van der Waals surface area contributed by atoms with E-state index in [1.54, 1.807) is 0 Å². The molecule has 3 rings (SSSR count). The molecule has 14 nitrogen and oxygen atoms in total. The van der Waals surface area contributed by atoms with Crippen molar-refractivity contribution in [2.45, 2.75) is 13.3 Å². The lowest BCUT2D eigenvalue weighted by Crippen LogP contribution is -2.22. The van der Waals surface area contributed by atoms with Gasteiger partial charge in [0.2, 0.25) is 5.91 Å². The topological polar surface area (TPSA) is 182 Å². The molecule has 0 heterocycles. The van der Waals surface area contributed by atoms with E-state index in [0.29, 0.717) is 18.8 Å². The van der Waals surface area contributed by atoms with Crippen LogP contribution in [-0.4, -0.2) is 41.2 Å². The van der Waals surface area contributed by atoms with E-state index in [4.69, 9.17) is 9.47 Å². The second-order valence-corrected chi connectivity index (χ2v) is 8.72. The Kier molecular flexibility index (Phi) is 9.83. The fourth-order valence-corrected chi connectivity index (χ4v) is 3.87. The zero-order chi connectivity index (χ0) is 28.5. The largest absolute Gasteiger partial charge is 0.494 e. The monoisotopic (exact) mass is 602 g/mol. The highest BCUT2D eigenvalue weighted by Gasteiger charge is 2.24. The predicted molar refractivity (Wildman–Crippen MR) is 145 cm³/mol. The number of non-ortho nitro benzene ring substituents is 1. The highest BCUT2D eigenvalue weighted by atomic mass is 79.9. The van der Waals surface area contributed by atoms with Crippen LogP contribution in [0.3, 0.4) is 0 Å². The Hall–Kier alpha value is -4.63. The molecule has 0 fully saturated rings. The minimum Gasteiger partial charge on any atom is -0.494 e. The van der Waals surface area contributed by atoms with E-state index in [2.05, 4.69) is 31.5 Å². The number of anilines is 2. The molecule has 0 atom stereocenters. The summed E-state index contributed by atoms with van der Waals surface area (Å²) in [6.07, 6.45) is 0.448. The van der Waals surface area contributed by atoms with Crippen LogP contribution in [0, 0.1) is 20.2 Å². The van der Waals surface area contributed by atoms with Crippen LogP contribution in [-0.2, 0) is 4.79 Å². The molecule has 3 aromatic rings. The predicted octanol–water partition coefficient (Wildman–Crippen LogP) is 6.31. The highest BCUT2D eigenvalue weighted by Crippen LogP contribution is 2.42. The number of nitro groups is 2. The maximum atomic E-state index is 11.9. The van der Waals surface area contributed by atoms with Gasteiger partial charge in [-0.05, 0) is 34.1 Å². The van der Waals surface area contributed by atoms with Crippen molar-refractivity contribution < 1.29 is 29.3 Å². The quantitative estimate of drug-likeness (QED) is 0.104. The molecule has 0 saturated carbocycles. The fraction of sp³-hybridized carbons (Fsp3) is 0.208. The van der Waals surface area contributed by atoms with Crippen molar-refractivity contribution in [2.24, 2.45) is 10.2 Å². The van der Waals surface area contributed by atoms with E-state index in [-0.39, 0.29) is 39.5 Å². The molecule has 3 aromatic carbocycles. The molecule has 15 heteroatoms.